The molecule has 1 aromatic rings. The molecule has 2 aliphatic heterocycles. The molecule has 0 bridgehead atoms. The topological polar surface area (TPSA) is 66.0 Å². The Bertz CT molecular complexity index is 602. The lowest BCUT2D eigenvalue weighted by Gasteiger charge is -2.39. The molecule has 3 rings (SSSR count). The molecular weight excluding hydrogens is 332 g/mol. The van der Waals surface area contributed by atoms with Gasteiger partial charge in [0.15, 0.2) is 0 Å². The molecule has 1 atom stereocenters. The van der Waals surface area contributed by atoms with E-state index in [-0.39, 0.29) is 17.7 Å². The lowest BCUT2D eigenvalue weighted by molar-refractivity contribution is -0.144. The van der Waals surface area contributed by atoms with E-state index in [0.29, 0.717) is 32.5 Å². The number of piperazine rings is 1. The number of pyridine rings is 1. The van der Waals surface area contributed by atoms with E-state index in [2.05, 4.69) is 16.0 Å². The van der Waals surface area contributed by atoms with Crippen molar-refractivity contribution in [3.8, 4) is 0 Å². The van der Waals surface area contributed by atoms with E-state index in [1.54, 1.807) is 18.2 Å². The van der Waals surface area contributed by atoms with Crippen LogP contribution < -0.4 is 0 Å². The number of piperidine rings is 1. The predicted octanol–water partition coefficient (Wildman–Crippen LogP) is 0.611. The van der Waals surface area contributed by atoms with Gasteiger partial charge in [-0.15, -0.1) is 0 Å². The molecule has 0 aliphatic carbocycles. The molecule has 2 saturated heterocycles. The summed E-state index contributed by atoms with van der Waals surface area (Å²) >= 11 is 0. The third kappa shape index (κ3) is 4.80. The Balaban J connectivity index is 1.48. The zero-order chi connectivity index (χ0) is 18.4. The highest BCUT2D eigenvalue weighted by molar-refractivity contribution is 5.84. The predicted molar refractivity (Wildman–Crippen MR) is 97.3 cm³/mol. The van der Waals surface area contributed by atoms with Crippen molar-refractivity contribution in [2.24, 2.45) is 5.92 Å². The second-order valence-corrected chi connectivity index (χ2v) is 7.03. The van der Waals surface area contributed by atoms with Gasteiger partial charge in [-0.1, -0.05) is 6.07 Å². The fourth-order valence-electron chi connectivity index (χ4n) is 3.67. The SMILES string of the molecule is COCCN1C[C@@H](C(=O)N2CCN(Cc3cccnc3)CC2)CCC1=O. The fraction of sp³-hybridized carbons (Fsp3) is 0.632. The Hall–Kier alpha value is -1.99. The molecular formula is C19H28N4O3. The van der Waals surface area contributed by atoms with E-state index < -0.39 is 0 Å². The first-order valence-electron chi connectivity index (χ1n) is 9.34. The molecule has 0 unspecified atom stereocenters. The van der Waals surface area contributed by atoms with Crippen molar-refractivity contribution in [1.82, 2.24) is 19.7 Å². The van der Waals surface area contributed by atoms with Gasteiger partial charge in [-0.05, 0) is 18.1 Å². The number of amides is 2. The second kappa shape index (κ2) is 9.09. The minimum absolute atomic E-state index is 0.0746. The molecule has 0 spiro atoms. The van der Waals surface area contributed by atoms with Gasteiger partial charge in [-0.3, -0.25) is 19.5 Å². The Morgan fingerprint density at radius 1 is 1.31 bits per heavy atom. The Kier molecular flexibility index (Phi) is 6.57. The highest BCUT2D eigenvalue weighted by Crippen LogP contribution is 2.21. The lowest BCUT2D eigenvalue weighted by atomic mass is 9.95. The maximum Gasteiger partial charge on any atom is 0.227 e. The zero-order valence-corrected chi connectivity index (χ0v) is 15.5. The van der Waals surface area contributed by atoms with E-state index in [1.807, 2.05) is 17.2 Å². The molecule has 26 heavy (non-hydrogen) atoms. The van der Waals surface area contributed by atoms with Gasteiger partial charge >= 0.3 is 0 Å². The maximum atomic E-state index is 12.9. The molecule has 2 aliphatic rings. The molecule has 2 fully saturated rings. The van der Waals surface area contributed by atoms with Crippen LogP contribution in [0.15, 0.2) is 24.5 Å². The summed E-state index contributed by atoms with van der Waals surface area (Å²) in [6, 6.07) is 4.03. The normalized spacial score (nSPS) is 21.9. The zero-order valence-electron chi connectivity index (χ0n) is 15.5. The average Bonchev–Trinajstić information content (AvgIpc) is 2.68. The van der Waals surface area contributed by atoms with Crippen LogP contribution >= 0.6 is 0 Å². The van der Waals surface area contributed by atoms with E-state index in [0.717, 1.165) is 32.7 Å². The number of carbonyl (C=O) groups excluding carboxylic acids is 2. The van der Waals surface area contributed by atoms with Crippen LogP contribution in [0.25, 0.3) is 0 Å². The van der Waals surface area contributed by atoms with Crippen molar-refractivity contribution in [3.05, 3.63) is 30.1 Å². The van der Waals surface area contributed by atoms with Crippen molar-refractivity contribution in [3.63, 3.8) is 0 Å². The summed E-state index contributed by atoms with van der Waals surface area (Å²) in [5, 5.41) is 0. The average molecular weight is 360 g/mol. The first kappa shape index (κ1) is 18.8. The molecule has 0 saturated carbocycles. The first-order valence-corrected chi connectivity index (χ1v) is 9.34. The Labute approximate surface area is 154 Å². The van der Waals surface area contributed by atoms with E-state index in [4.69, 9.17) is 4.74 Å². The highest BCUT2D eigenvalue weighted by Gasteiger charge is 2.33. The number of ether oxygens (including phenoxy) is 1. The van der Waals surface area contributed by atoms with Crippen molar-refractivity contribution < 1.29 is 14.3 Å². The van der Waals surface area contributed by atoms with Gasteiger partial charge in [0.1, 0.15) is 0 Å². The maximum absolute atomic E-state index is 12.9. The number of nitrogens with zero attached hydrogens (tertiary/aromatic N) is 4. The van der Waals surface area contributed by atoms with Gasteiger partial charge in [0.2, 0.25) is 11.8 Å². The number of carbonyl (C=O) groups is 2. The largest absolute Gasteiger partial charge is 0.383 e. The van der Waals surface area contributed by atoms with Gasteiger partial charge in [-0.2, -0.15) is 0 Å². The quantitative estimate of drug-likeness (QED) is 0.744. The van der Waals surface area contributed by atoms with Crippen molar-refractivity contribution in [2.75, 3.05) is 53.0 Å². The van der Waals surface area contributed by atoms with Crippen molar-refractivity contribution >= 4 is 11.8 Å². The van der Waals surface area contributed by atoms with Gasteiger partial charge in [-0.25, -0.2) is 0 Å². The number of aromatic nitrogens is 1. The third-order valence-corrected chi connectivity index (χ3v) is 5.23. The van der Waals surface area contributed by atoms with Gasteiger partial charge in [0.25, 0.3) is 0 Å². The van der Waals surface area contributed by atoms with Crippen LogP contribution in [0, 0.1) is 5.92 Å². The Morgan fingerprint density at radius 3 is 2.81 bits per heavy atom. The van der Waals surface area contributed by atoms with E-state index in [9.17, 15) is 9.59 Å². The van der Waals surface area contributed by atoms with Gasteiger partial charge in [0.05, 0.1) is 12.5 Å². The van der Waals surface area contributed by atoms with Crippen molar-refractivity contribution in [2.45, 2.75) is 19.4 Å². The molecule has 142 valence electrons. The van der Waals surface area contributed by atoms with E-state index in [1.165, 1.54) is 5.56 Å². The Morgan fingerprint density at radius 2 is 2.12 bits per heavy atom. The van der Waals surface area contributed by atoms with Crippen LogP contribution in [-0.4, -0.2) is 84.5 Å². The van der Waals surface area contributed by atoms with Gasteiger partial charge < -0.3 is 14.5 Å². The molecule has 7 heteroatoms. The summed E-state index contributed by atoms with van der Waals surface area (Å²) in [5.41, 5.74) is 1.20. The summed E-state index contributed by atoms with van der Waals surface area (Å²) < 4.78 is 5.07. The first-order chi connectivity index (χ1) is 12.7. The standard InChI is InChI=1S/C19H28N4O3/c1-26-12-11-23-15-17(4-5-18(23)24)19(25)22-9-7-21(8-10-22)14-16-3-2-6-20-13-16/h2-3,6,13,17H,4-5,7-12,14-15H2,1H3/t17-/m0/s1. The van der Waals surface area contributed by atoms with Crippen LogP contribution in [0.2, 0.25) is 0 Å². The highest BCUT2D eigenvalue weighted by atomic mass is 16.5. The van der Waals surface area contributed by atoms with Crippen LogP contribution in [-0.2, 0) is 20.9 Å². The monoisotopic (exact) mass is 360 g/mol. The second-order valence-electron chi connectivity index (χ2n) is 7.03. The van der Waals surface area contributed by atoms with Crippen LogP contribution in [0.3, 0.4) is 0 Å². The van der Waals surface area contributed by atoms with E-state index >= 15 is 0 Å². The third-order valence-electron chi connectivity index (χ3n) is 5.23. The van der Waals surface area contributed by atoms with Crippen LogP contribution in [0.1, 0.15) is 18.4 Å². The summed E-state index contributed by atoms with van der Waals surface area (Å²) in [7, 11) is 1.63. The smallest absolute Gasteiger partial charge is 0.227 e. The minimum Gasteiger partial charge on any atom is -0.383 e. The molecule has 7 nitrogen and oxygen atoms in total. The van der Waals surface area contributed by atoms with Crippen LogP contribution in [0.5, 0.6) is 0 Å². The molecule has 0 radical (unpaired) electrons. The summed E-state index contributed by atoms with van der Waals surface area (Å²) in [6.07, 6.45) is 4.80. The summed E-state index contributed by atoms with van der Waals surface area (Å²) in [6.45, 7) is 5.73. The summed E-state index contributed by atoms with van der Waals surface area (Å²) in [5.74, 6) is 0.253. The summed E-state index contributed by atoms with van der Waals surface area (Å²) in [4.78, 5) is 35.1. The lowest BCUT2D eigenvalue weighted by Crippen LogP contribution is -2.53. The number of rotatable bonds is 6. The number of hydrogen-bond acceptors (Lipinski definition) is 5. The number of methoxy groups -OCH3 is 1. The molecule has 3 heterocycles. The molecule has 2 amide bonds. The minimum atomic E-state index is -0.0746. The van der Waals surface area contributed by atoms with Gasteiger partial charge in [0, 0.05) is 71.7 Å². The molecule has 1 aromatic heterocycles. The van der Waals surface area contributed by atoms with Crippen LogP contribution in [0.4, 0.5) is 0 Å². The number of hydrogen-bond donors (Lipinski definition) is 0. The molecule has 0 aromatic carbocycles. The number of likely N-dealkylation sites (tertiary alicyclic amines) is 1. The fourth-order valence-corrected chi connectivity index (χ4v) is 3.67. The van der Waals surface area contributed by atoms with Crippen molar-refractivity contribution in [1.29, 1.82) is 0 Å². The molecule has 0 N–H and O–H groups in total.